The molecule has 1 aromatic rings. The van der Waals surface area contributed by atoms with Crippen molar-refractivity contribution < 1.29 is 9.53 Å². The van der Waals surface area contributed by atoms with E-state index in [2.05, 4.69) is 15.9 Å². The number of benzene rings is 1. The molecule has 1 aromatic carbocycles. The molecule has 1 unspecified atom stereocenters. The van der Waals surface area contributed by atoms with Gasteiger partial charge < -0.3 is 9.64 Å². The van der Waals surface area contributed by atoms with Gasteiger partial charge in [0.25, 0.3) is 5.91 Å². The number of ether oxygens (including phenoxy) is 1. The maximum Gasteiger partial charge on any atom is 0.254 e. The minimum absolute atomic E-state index is 0.114. The molecule has 0 bridgehead atoms. The highest BCUT2D eigenvalue weighted by atomic mass is 79.9. The zero-order chi connectivity index (χ0) is 13.8. The van der Waals surface area contributed by atoms with Gasteiger partial charge in [-0.05, 0) is 44.4 Å². The van der Waals surface area contributed by atoms with Gasteiger partial charge in [0.05, 0.1) is 6.10 Å². The summed E-state index contributed by atoms with van der Waals surface area (Å²) >= 11 is 3.43. The van der Waals surface area contributed by atoms with Crippen molar-refractivity contribution >= 4 is 21.8 Å². The zero-order valence-corrected chi connectivity index (χ0v) is 13.1. The summed E-state index contributed by atoms with van der Waals surface area (Å²) in [5, 5.41) is 0. The van der Waals surface area contributed by atoms with Crippen LogP contribution in [0, 0.1) is 6.92 Å². The largest absolute Gasteiger partial charge is 0.377 e. The summed E-state index contributed by atoms with van der Waals surface area (Å²) in [6.45, 7) is 6.22. The highest BCUT2D eigenvalue weighted by molar-refractivity contribution is 9.10. The van der Waals surface area contributed by atoms with Crippen LogP contribution in [-0.2, 0) is 4.74 Å². The van der Waals surface area contributed by atoms with Crippen molar-refractivity contribution in [2.24, 2.45) is 0 Å². The van der Waals surface area contributed by atoms with Crippen LogP contribution >= 0.6 is 15.9 Å². The Bertz CT molecular complexity index is 459. The topological polar surface area (TPSA) is 29.5 Å². The minimum atomic E-state index is 0.114. The number of carbonyl (C=O) groups excluding carboxylic acids is 1. The van der Waals surface area contributed by atoms with Crippen LogP contribution in [0.15, 0.2) is 22.7 Å². The second-order valence-electron chi connectivity index (χ2n) is 4.93. The maximum atomic E-state index is 12.6. The van der Waals surface area contributed by atoms with Gasteiger partial charge in [0.2, 0.25) is 0 Å². The molecular weight excluding hydrogens is 306 g/mol. The van der Waals surface area contributed by atoms with Crippen LogP contribution in [0.3, 0.4) is 0 Å². The molecule has 0 N–H and O–H groups in total. The third-order valence-electron chi connectivity index (χ3n) is 3.50. The Balaban J connectivity index is 2.12. The second-order valence-corrected chi connectivity index (χ2v) is 5.85. The smallest absolute Gasteiger partial charge is 0.254 e. The molecular formula is C15H20BrNO2. The van der Waals surface area contributed by atoms with Crippen LogP contribution in [0.1, 0.15) is 35.7 Å². The normalized spacial score (nSPS) is 19.5. The number of hydrogen-bond acceptors (Lipinski definition) is 2. The lowest BCUT2D eigenvalue weighted by Crippen LogP contribution is -2.43. The standard InChI is InChI=1S/C15H20BrNO2/c1-3-19-13-5-4-8-17(10-13)15(18)14-9-12(16)7-6-11(14)2/h6-7,9,13H,3-5,8,10H2,1-2H3. The van der Waals surface area contributed by atoms with Gasteiger partial charge in [-0.1, -0.05) is 22.0 Å². The van der Waals surface area contributed by atoms with Gasteiger partial charge in [0, 0.05) is 29.7 Å². The van der Waals surface area contributed by atoms with Crippen molar-refractivity contribution in [3.63, 3.8) is 0 Å². The van der Waals surface area contributed by atoms with Crippen molar-refractivity contribution in [2.45, 2.75) is 32.8 Å². The summed E-state index contributed by atoms with van der Waals surface area (Å²) < 4.78 is 6.59. The summed E-state index contributed by atoms with van der Waals surface area (Å²) in [5.74, 6) is 0.114. The number of piperidine rings is 1. The Labute approximate surface area is 123 Å². The Kier molecular flexibility index (Phi) is 4.99. The van der Waals surface area contributed by atoms with Gasteiger partial charge in [-0.25, -0.2) is 0 Å². The van der Waals surface area contributed by atoms with Gasteiger partial charge in [-0.3, -0.25) is 4.79 Å². The van der Waals surface area contributed by atoms with Crippen LogP contribution in [-0.4, -0.2) is 36.6 Å². The fourth-order valence-corrected chi connectivity index (χ4v) is 2.85. The highest BCUT2D eigenvalue weighted by Crippen LogP contribution is 2.21. The molecule has 3 nitrogen and oxygen atoms in total. The Morgan fingerprint density at radius 3 is 3.05 bits per heavy atom. The molecule has 1 aliphatic heterocycles. The van der Waals surface area contributed by atoms with Crippen molar-refractivity contribution in [3.05, 3.63) is 33.8 Å². The van der Waals surface area contributed by atoms with E-state index in [-0.39, 0.29) is 12.0 Å². The fraction of sp³-hybridized carbons (Fsp3) is 0.533. The third kappa shape index (κ3) is 3.57. The quantitative estimate of drug-likeness (QED) is 0.852. The lowest BCUT2D eigenvalue weighted by Gasteiger charge is -2.32. The van der Waals surface area contributed by atoms with Crippen molar-refractivity contribution in [2.75, 3.05) is 19.7 Å². The van der Waals surface area contributed by atoms with Gasteiger partial charge in [0.1, 0.15) is 0 Å². The zero-order valence-electron chi connectivity index (χ0n) is 11.5. The number of rotatable bonds is 3. The highest BCUT2D eigenvalue weighted by Gasteiger charge is 2.25. The van der Waals surface area contributed by atoms with E-state index in [1.807, 2.05) is 36.9 Å². The summed E-state index contributed by atoms with van der Waals surface area (Å²) in [6, 6.07) is 5.84. The first-order chi connectivity index (χ1) is 9.11. The summed E-state index contributed by atoms with van der Waals surface area (Å²) in [7, 11) is 0. The third-order valence-corrected chi connectivity index (χ3v) is 3.99. The number of carbonyl (C=O) groups is 1. The molecule has 0 radical (unpaired) electrons. The molecule has 1 atom stereocenters. The molecule has 0 saturated carbocycles. The Hall–Kier alpha value is -0.870. The van der Waals surface area contributed by atoms with Crippen LogP contribution < -0.4 is 0 Å². The first-order valence-corrected chi connectivity index (χ1v) is 7.58. The molecule has 1 aliphatic rings. The Morgan fingerprint density at radius 1 is 1.53 bits per heavy atom. The molecule has 104 valence electrons. The van der Waals surface area contributed by atoms with E-state index >= 15 is 0 Å². The van der Waals surface area contributed by atoms with Crippen LogP contribution in [0.2, 0.25) is 0 Å². The fourth-order valence-electron chi connectivity index (χ4n) is 2.49. The van der Waals surface area contributed by atoms with Crippen LogP contribution in [0.4, 0.5) is 0 Å². The van der Waals surface area contributed by atoms with E-state index in [4.69, 9.17) is 4.74 Å². The summed E-state index contributed by atoms with van der Waals surface area (Å²) in [5.41, 5.74) is 1.80. The van der Waals surface area contributed by atoms with E-state index < -0.39 is 0 Å². The number of likely N-dealkylation sites (tertiary alicyclic amines) is 1. The molecule has 1 fully saturated rings. The van der Waals surface area contributed by atoms with Crippen LogP contribution in [0.5, 0.6) is 0 Å². The molecule has 1 amide bonds. The van der Waals surface area contributed by atoms with E-state index in [9.17, 15) is 4.79 Å². The molecule has 19 heavy (non-hydrogen) atoms. The van der Waals surface area contributed by atoms with Crippen molar-refractivity contribution in [1.82, 2.24) is 4.90 Å². The van der Waals surface area contributed by atoms with Gasteiger partial charge in [-0.2, -0.15) is 0 Å². The SMILES string of the molecule is CCOC1CCCN(C(=O)c2cc(Br)ccc2C)C1. The average molecular weight is 326 g/mol. The molecule has 0 spiro atoms. The van der Waals surface area contributed by atoms with Crippen molar-refractivity contribution in [3.8, 4) is 0 Å². The summed E-state index contributed by atoms with van der Waals surface area (Å²) in [4.78, 5) is 14.5. The average Bonchev–Trinajstić information content (AvgIpc) is 2.41. The number of hydrogen-bond donors (Lipinski definition) is 0. The van der Waals surface area contributed by atoms with Crippen LogP contribution in [0.25, 0.3) is 0 Å². The molecule has 2 rings (SSSR count). The number of aryl methyl sites for hydroxylation is 1. The predicted molar refractivity (Wildman–Crippen MR) is 79.4 cm³/mol. The monoisotopic (exact) mass is 325 g/mol. The molecule has 4 heteroatoms. The number of halogens is 1. The van der Waals surface area contributed by atoms with E-state index in [1.54, 1.807) is 0 Å². The predicted octanol–water partition coefficient (Wildman–Crippen LogP) is 3.40. The molecule has 0 aromatic heterocycles. The number of amides is 1. The lowest BCUT2D eigenvalue weighted by atomic mass is 10.0. The van der Waals surface area contributed by atoms with E-state index in [0.717, 1.165) is 35.0 Å². The second kappa shape index (κ2) is 6.53. The van der Waals surface area contributed by atoms with Gasteiger partial charge in [-0.15, -0.1) is 0 Å². The van der Waals surface area contributed by atoms with Gasteiger partial charge in [0.15, 0.2) is 0 Å². The van der Waals surface area contributed by atoms with Gasteiger partial charge >= 0.3 is 0 Å². The number of nitrogens with zero attached hydrogens (tertiary/aromatic N) is 1. The minimum Gasteiger partial charge on any atom is -0.377 e. The van der Waals surface area contributed by atoms with E-state index in [0.29, 0.717) is 13.2 Å². The van der Waals surface area contributed by atoms with Crippen molar-refractivity contribution in [1.29, 1.82) is 0 Å². The first kappa shape index (κ1) is 14.5. The molecule has 1 heterocycles. The summed E-state index contributed by atoms with van der Waals surface area (Å²) in [6.07, 6.45) is 2.26. The molecule has 0 aliphatic carbocycles. The Morgan fingerprint density at radius 2 is 2.32 bits per heavy atom. The van der Waals surface area contributed by atoms with E-state index in [1.165, 1.54) is 0 Å². The lowest BCUT2D eigenvalue weighted by molar-refractivity contribution is 0.00721. The molecule has 1 saturated heterocycles. The first-order valence-electron chi connectivity index (χ1n) is 6.79. The maximum absolute atomic E-state index is 12.6.